The van der Waals surface area contributed by atoms with E-state index in [0.717, 1.165) is 29.1 Å². The van der Waals surface area contributed by atoms with Crippen LogP contribution in [-0.2, 0) is 22.6 Å². The molecule has 2 unspecified atom stereocenters. The lowest BCUT2D eigenvalue weighted by atomic mass is 9.87. The first kappa shape index (κ1) is 21.4. The molecule has 2 atom stereocenters. The summed E-state index contributed by atoms with van der Waals surface area (Å²) in [6, 6.07) is 26.8. The highest BCUT2D eigenvalue weighted by molar-refractivity contribution is 5.53. The fraction of sp³-hybridized carbons (Fsp3) is 0.333. The molecule has 0 fully saturated rings. The number of hydrogen-bond acceptors (Lipinski definition) is 4. The van der Waals surface area contributed by atoms with E-state index in [2.05, 4.69) is 67.7 Å². The first-order valence-electron chi connectivity index (χ1n) is 10.9. The largest absolute Gasteiger partial charge is 0.485 e. The predicted octanol–water partition coefficient (Wildman–Crippen LogP) is 6.13. The van der Waals surface area contributed by atoms with Crippen molar-refractivity contribution in [3.05, 3.63) is 95.6 Å². The lowest BCUT2D eigenvalue weighted by Gasteiger charge is -2.44. The van der Waals surface area contributed by atoms with Gasteiger partial charge in [-0.15, -0.1) is 0 Å². The molecular weight excluding hydrogens is 386 g/mol. The molecular formula is C27H31NO3. The molecule has 1 N–H and O–H groups in total. The second-order valence-corrected chi connectivity index (χ2v) is 8.39. The van der Waals surface area contributed by atoms with Crippen LogP contribution >= 0.6 is 0 Å². The third-order valence-electron chi connectivity index (χ3n) is 5.61. The Morgan fingerprint density at radius 2 is 1.55 bits per heavy atom. The Morgan fingerprint density at radius 1 is 0.871 bits per heavy atom. The Hall–Kier alpha value is -2.82. The first-order chi connectivity index (χ1) is 15.1. The summed E-state index contributed by atoms with van der Waals surface area (Å²) in [6.45, 7) is 8.04. The molecule has 4 heteroatoms. The summed E-state index contributed by atoms with van der Waals surface area (Å²) in [5, 5.41) is 3.52. The van der Waals surface area contributed by atoms with E-state index in [-0.39, 0.29) is 12.2 Å². The van der Waals surface area contributed by atoms with Crippen LogP contribution in [0.1, 0.15) is 43.6 Å². The molecule has 0 saturated heterocycles. The van der Waals surface area contributed by atoms with Gasteiger partial charge in [0.05, 0.1) is 6.61 Å². The molecule has 4 nitrogen and oxygen atoms in total. The zero-order valence-electron chi connectivity index (χ0n) is 18.5. The van der Waals surface area contributed by atoms with Gasteiger partial charge >= 0.3 is 0 Å². The zero-order chi connectivity index (χ0) is 21.7. The van der Waals surface area contributed by atoms with Crippen molar-refractivity contribution in [1.29, 1.82) is 0 Å². The summed E-state index contributed by atoms with van der Waals surface area (Å²) in [7, 11) is 0. The van der Waals surface area contributed by atoms with Crippen LogP contribution in [0.4, 0.5) is 5.69 Å². The zero-order valence-corrected chi connectivity index (χ0v) is 18.5. The lowest BCUT2D eigenvalue weighted by Crippen LogP contribution is -2.51. The van der Waals surface area contributed by atoms with Crippen LogP contribution in [0.25, 0.3) is 0 Å². The van der Waals surface area contributed by atoms with E-state index < -0.39 is 5.60 Å². The van der Waals surface area contributed by atoms with E-state index in [1.165, 1.54) is 5.56 Å². The van der Waals surface area contributed by atoms with Crippen molar-refractivity contribution in [3.8, 4) is 5.75 Å². The summed E-state index contributed by atoms with van der Waals surface area (Å²) < 4.78 is 19.0. The third kappa shape index (κ3) is 5.09. The third-order valence-corrected chi connectivity index (χ3v) is 5.61. The van der Waals surface area contributed by atoms with Crippen molar-refractivity contribution in [2.75, 3.05) is 11.9 Å². The van der Waals surface area contributed by atoms with E-state index in [4.69, 9.17) is 14.2 Å². The maximum Gasteiger partial charge on any atom is 0.132 e. The molecule has 0 bridgehead atoms. The Morgan fingerprint density at radius 3 is 2.23 bits per heavy atom. The number of anilines is 1. The SMILES string of the molecule is CCOC1c2cc(NCc3ccccc3)ccc2OC(C)(C)C1OCc1ccccc1. The fourth-order valence-electron chi connectivity index (χ4n) is 4.05. The number of benzene rings is 3. The van der Waals surface area contributed by atoms with E-state index in [1.54, 1.807) is 0 Å². The highest BCUT2D eigenvalue weighted by Crippen LogP contribution is 2.44. The van der Waals surface area contributed by atoms with Gasteiger partial charge in [0.1, 0.15) is 23.6 Å². The van der Waals surface area contributed by atoms with Crippen molar-refractivity contribution in [1.82, 2.24) is 0 Å². The molecule has 1 aliphatic rings. The van der Waals surface area contributed by atoms with Crippen LogP contribution in [0, 0.1) is 0 Å². The van der Waals surface area contributed by atoms with E-state index in [0.29, 0.717) is 13.2 Å². The van der Waals surface area contributed by atoms with E-state index in [9.17, 15) is 0 Å². The smallest absolute Gasteiger partial charge is 0.132 e. The number of nitrogens with one attached hydrogen (secondary N) is 1. The van der Waals surface area contributed by atoms with Gasteiger partial charge in [-0.3, -0.25) is 0 Å². The fourth-order valence-corrected chi connectivity index (χ4v) is 4.05. The Kier molecular flexibility index (Phi) is 6.59. The lowest BCUT2D eigenvalue weighted by molar-refractivity contribution is -0.165. The van der Waals surface area contributed by atoms with Crippen LogP contribution in [0.5, 0.6) is 5.75 Å². The molecule has 1 heterocycles. The molecule has 0 amide bonds. The van der Waals surface area contributed by atoms with E-state index >= 15 is 0 Å². The minimum Gasteiger partial charge on any atom is -0.485 e. The van der Waals surface area contributed by atoms with Gasteiger partial charge in [-0.25, -0.2) is 0 Å². The average Bonchev–Trinajstić information content (AvgIpc) is 2.78. The second-order valence-electron chi connectivity index (χ2n) is 8.39. The van der Waals surface area contributed by atoms with Gasteiger partial charge in [-0.1, -0.05) is 60.7 Å². The van der Waals surface area contributed by atoms with Gasteiger partial charge < -0.3 is 19.5 Å². The van der Waals surface area contributed by atoms with Gasteiger partial charge in [0.25, 0.3) is 0 Å². The van der Waals surface area contributed by atoms with Crippen LogP contribution < -0.4 is 10.1 Å². The first-order valence-corrected chi connectivity index (χ1v) is 10.9. The van der Waals surface area contributed by atoms with E-state index in [1.807, 2.05) is 37.3 Å². The highest BCUT2D eigenvalue weighted by Gasteiger charge is 2.45. The number of fused-ring (bicyclic) bond motifs is 1. The minimum atomic E-state index is -0.513. The van der Waals surface area contributed by atoms with Crippen LogP contribution in [0.3, 0.4) is 0 Å². The van der Waals surface area contributed by atoms with Crippen molar-refractivity contribution >= 4 is 5.69 Å². The molecule has 0 aromatic heterocycles. The molecule has 0 saturated carbocycles. The van der Waals surface area contributed by atoms with Crippen molar-refractivity contribution in [2.24, 2.45) is 0 Å². The molecule has 162 valence electrons. The van der Waals surface area contributed by atoms with Crippen LogP contribution in [0.15, 0.2) is 78.9 Å². The van der Waals surface area contributed by atoms with Gasteiger partial charge in [0, 0.05) is 24.4 Å². The molecule has 31 heavy (non-hydrogen) atoms. The number of rotatable bonds is 8. The minimum absolute atomic E-state index is 0.203. The van der Waals surface area contributed by atoms with Gasteiger partial charge in [-0.05, 0) is 50.1 Å². The maximum absolute atomic E-state index is 6.41. The Balaban J connectivity index is 1.56. The molecule has 3 aromatic carbocycles. The quantitative estimate of drug-likeness (QED) is 0.478. The monoisotopic (exact) mass is 417 g/mol. The molecule has 0 spiro atoms. The van der Waals surface area contributed by atoms with Crippen molar-refractivity contribution < 1.29 is 14.2 Å². The summed E-state index contributed by atoms with van der Waals surface area (Å²) in [6.07, 6.45) is -0.435. The Labute approximate surface area is 185 Å². The summed E-state index contributed by atoms with van der Waals surface area (Å²) in [5.74, 6) is 0.855. The van der Waals surface area contributed by atoms with Gasteiger partial charge in [0.2, 0.25) is 0 Å². The molecule has 1 aliphatic heterocycles. The maximum atomic E-state index is 6.41. The number of ether oxygens (including phenoxy) is 3. The average molecular weight is 418 g/mol. The van der Waals surface area contributed by atoms with Gasteiger partial charge in [-0.2, -0.15) is 0 Å². The van der Waals surface area contributed by atoms with Crippen LogP contribution in [-0.4, -0.2) is 18.3 Å². The van der Waals surface area contributed by atoms with Gasteiger partial charge in [0.15, 0.2) is 0 Å². The highest BCUT2D eigenvalue weighted by atomic mass is 16.6. The summed E-state index contributed by atoms with van der Waals surface area (Å²) in [5.41, 5.74) is 3.93. The summed E-state index contributed by atoms with van der Waals surface area (Å²) in [4.78, 5) is 0. The van der Waals surface area contributed by atoms with Crippen molar-refractivity contribution in [3.63, 3.8) is 0 Å². The molecule has 0 aliphatic carbocycles. The Bertz CT molecular complexity index is 972. The molecule has 0 radical (unpaired) electrons. The summed E-state index contributed by atoms with van der Waals surface area (Å²) >= 11 is 0. The van der Waals surface area contributed by atoms with Crippen molar-refractivity contribution in [2.45, 2.75) is 51.7 Å². The molecule has 4 rings (SSSR count). The standard InChI is InChI=1S/C27H31NO3/c1-4-29-25-23-17-22(28-18-20-11-7-5-8-12-20)15-16-24(23)31-27(2,3)26(25)30-19-21-13-9-6-10-14-21/h5-17,25-26,28H,4,18-19H2,1-3H3. The van der Waals surface area contributed by atoms with Crippen LogP contribution in [0.2, 0.25) is 0 Å². The number of hydrogen-bond donors (Lipinski definition) is 1. The topological polar surface area (TPSA) is 39.7 Å². The molecule has 3 aromatic rings. The second kappa shape index (κ2) is 9.54. The normalized spacial score (nSPS) is 19.3. The predicted molar refractivity (Wildman–Crippen MR) is 124 cm³/mol.